The van der Waals surface area contributed by atoms with Crippen molar-refractivity contribution in [1.82, 2.24) is 4.98 Å². The molecule has 2 aromatic rings. The van der Waals surface area contributed by atoms with Gasteiger partial charge in [0.25, 0.3) is 0 Å². The lowest BCUT2D eigenvalue weighted by atomic mass is 9.82. The first-order valence-corrected chi connectivity index (χ1v) is 8.57. The molecular formula is C21H26N2O2. The second-order valence-corrected chi connectivity index (χ2v) is 6.44. The van der Waals surface area contributed by atoms with E-state index < -0.39 is 0 Å². The molecule has 1 heterocycles. The SMILES string of the molecule is C.CCc1cc2cc(C(=O)C3CCC(OC)CC3)ccc2nc1C#N. The number of benzene rings is 1. The fraction of sp³-hybridized carbons (Fsp3) is 0.476. The lowest BCUT2D eigenvalue weighted by molar-refractivity contribution is 0.0519. The summed E-state index contributed by atoms with van der Waals surface area (Å²) in [6.07, 6.45) is 4.74. The van der Waals surface area contributed by atoms with E-state index in [0.29, 0.717) is 11.8 Å². The first-order chi connectivity index (χ1) is 11.7. The van der Waals surface area contributed by atoms with Crippen molar-refractivity contribution in [3.8, 4) is 6.07 Å². The molecule has 0 atom stereocenters. The topological polar surface area (TPSA) is 63.0 Å². The maximum Gasteiger partial charge on any atom is 0.165 e. The van der Waals surface area contributed by atoms with E-state index in [4.69, 9.17) is 4.74 Å². The molecule has 0 saturated heterocycles. The number of nitriles is 1. The van der Waals surface area contributed by atoms with Crippen molar-refractivity contribution in [2.24, 2.45) is 5.92 Å². The summed E-state index contributed by atoms with van der Waals surface area (Å²) in [7, 11) is 1.74. The smallest absolute Gasteiger partial charge is 0.165 e. The average Bonchev–Trinajstić information content (AvgIpc) is 2.65. The van der Waals surface area contributed by atoms with Gasteiger partial charge in [-0.05, 0) is 61.9 Å². The van der Waals surface area contributed by atoms with Gasteiger partial charge in [0, 0.05) is 24.0 Å². The molecule has 0 radical (unpaired) electrons. The molecule has 132 valence electrons. The van der Waals surface area contributed by atoms with Crippen molar-refractivity contribution in [2.45, 2.75) is 52.6 Å². The van der Waals surface area contributed by atoms with Crippen LogP contribution in [0.15, 0.2) is 24.3 Å². The largest absolute Gasteiger partial charge is 0.381 e. The minimum atomic E-state index is 0. The molecule has 0 spiro atoms. The van der Waals surface area contributed by atoms with Crippen molar-refractivity contribution in [3.05, 3.63) is 41.1 Å². The highest BCUT2D eigenvalue weighted by atomic mass is 16.5. The Morgan fingerprint density at radius 3 is 2.60 bits per heavy atom. The quantitative estimate of drug-likeness (QED) is 0.759. The molecule has 3 rings (SSSR count). The van der Waals surface area contributed by atoms with Gasteiger partial charge < -0.3 is 4.74 Å². The van der Waals surface area contributed by atoms with Gasteiger partial charge in [-0.25, -0.2) is 4.98 Å². The van der Waals surface area contributed by atoms with Crippen LogP contribution in [0.3, 0.4) is 0 Å². The summed E-state index contributed by atoms with van der Waals surface area (Å²) in [5, 5.41) is 10.1. The summed E-state index contributed by atoms with van der Waals surface area (Å²) in [5.74, 6) is 0.305. The Balaban J connectivity index is 0.00000225. The van der Waals surface area contributed by atoms with Crippen molar-refractivity contribution in [3.63, 3.8) is 0 Å². The number of carbonyl (C=O) groups excluding carboxylic acids is 1. The molecule has 1 aliphatic rings. The Bertz CT molecular complexity index is 799. The highest BCUT2D eigenvalue weighted by Gasteiger charge is 2.27. The minimum Gasteiger partial charge on any atom is -0.381 e. The Kier molecular flexibility index (Phi) is 6.27. The number of hydrogen-bond acceptors (Lipinski definition) is 4. The van der Waals surface area contributed by atoms with Gasteiger partial charge in [-0.3, -0.25) is 4.79 Å². The number of hydrogen-bond donors (Lipinski definition) is 0. The Labute approximate surface area is 149 Å². The molecule has 1 aliphatic carbocycles. The number of carbonyl (C=O) groups is 1. The fourth-order valence-electron chi connectivity index (χ4n) is 3.54. The molecule has 0 N–H and O–H groups in total. The van der Waals surface area contributed by atoms with Crippen LogP contribution >= 0.6 is 0 Å². The van der Waals surface area contributed by atoms with Crippen LogP contribution in [-0.2, 0) is 11.2 Å². The van der Waals surface area contributed by atoms with Gasteiger partial charge in [0.05, 0.1) is 11.6 Å². The van der Waals surface area contributed by atoms with Crippen molar-refractivity contribution < 1.29 is 9.53 Å². The van der Waals surface area contributed by atoms with E-state index in [0.717, 1.165) is 54.1 Å². The van der Waals surface area contributed by atoms with Gasteiger partial charge in [-0.15, -0.1) is 0 Å². The van der Waals surface area contributed by atoms with Crippen LogP contribution in [0, 0.1) is 17.2 Å². The number of pyridine rings is 1. The summed E-state index contributed by atoms with van der Waals surface area (Å²) in [5.41, 5.74) is 2.91. The summed E-state index contributed by atoms with van der Waals surface area (Å²) >= 11 is 0. The normalized spacial score (nSPS) is 19.9. The number of rotatable bonds is 4. The second-order valence-electron chi connectivity index (χ2n) is 6.44. The zero-order chi connectivity index (χ0) is 17.1. The third-order valence-corrected chi connectivity index (χ3v) is 5.04. The highest BCUT2D eigenvalue weighted by Crippen LogP contribution is 2.29. The number of fused-ring (bicyclic) bond motifs is 1. The fourth-order valence-corrected chi connectivity index (χ4v) is 3.54. The lowest BCUT2D eigenvalue weighted by Crippen LogP contribution is -2.25. The summed E-state index contributed by atoms with van der Waals surface area (Å²) in [4.78, 5) is 17.2. The maximum absolute atomic E-state index is 12.8. The van der Waals surface area contributed by atoms with Gasteiger partial charge >= 0.3 is 0 Å². The van der Waals surface area contributed by atoms with Gasteiger partial charge in [-0.1, -0.05) is 14.4 Å². The van der Waals surface area contributed by atoms with Crippen LogP contribution in [0.25, 0.3) is 10.9 Å². The molecule has 4 nitrogen and oxygen atoms in total. The van der Waals surface area contributed by atoms with Crippen LogP contribution < -0.4 is 0 Å². The number of methoxy groups -OCH3 is 1. The average molecular weight is 338 g/mol. The number of aromatic nitrogens is 1. The lowest BCUT2D eigenvalue weighted by Gasteiger charge is -2.26. The van der Waals surface area contributed by atoms with E-state index in [1.165, 1.54) is 0 Å². The van der Waals surface area contributed by atoms with Crippen LogP contribution in [0.1, 0.15) is 61.6 Å². The Morgan fingerprint density at radius 2 is 2.00 bits per heavy atom. The highest BCUT2D eigenvalue weighted by molar-refractivity contribution is 6.01. The van der Waals surface area contributed by atoms with Gasteiger partial charge in [0.2, 0.25) is 0 Å². The monoisotopic (exact) mass is 338 g/mol. The van der Waals surface area contributed by atoms with Crippen LogP contribution in [-0.4, -0.2) is 24.0 Å². The second kappa shape index (κ2) is 8.22. The number of ketones is 1. The molecule has 4 heteroatoms. The van der Waals surface area contributed by atoms with Crippen molar-refractivity contribution >= 4 is 16.7 Å². The van der Waals surface area contributed by atoms with Crippen molar-refractivity contribution in [1.29, 1.82) is 5.26 Å². The van der Waals surface area contributed by atoms with Gasteiger partial charge in [0.15, 0.2) is 5.78 Å². The first kappa shape index (κ1) is 19.1. The number of Topliss-reactive ketones (excluding diaryl/α,β-unsaturated/α-hetero) is 1. The molecule has 1 aromatic carbocycles. The van der Waals surface area contributed by atoms with E-state index in [-0.39, 0.29) is 19.1 Å². The molecule has 0 aliphatic heterocycles. The van der Waals surface area contributed by atoms with Gasteiger partial charge in [0.1, 0.15) is 11.8 Å². The molecule has 0 amide bonds. The van der Waals surface area contributed by atoms with E-state index >= 15 is 0 Å². The Hall–Kier alpha value is -2.25. The van der Waals surface area contributed by atoms with E-state index in [1.54, 1.807) is 7.11 Å². The van der Waals surface area contributed by atoms with Crippen LogP contribution in [0.5, 0.6) is 0 Å². The molecule has 0 bridgehead atoms. The van der Waals surface area contributed by atoms with Gasteiger partial charge in [-0.2, -0.15) is 5.26 Å². The molecule has 1 saturated carbocycles. The minimum absolute atomic E-state index is 0. The third kappa shape index (κ3) is 3.88. The number of ether oxygens (including phenoxy) is 1. The third-order valence-electron chi connectivity index (χ3n) is 5.04. The number of nitrogens with zero attached hydrogens (tertiary/aromatic N) is 2. The molecular weight excluding hydrogens is 312 g/mol. The molecule has 25 heavy (non-hydrogen) atoms. The van der Waals surface area contributed by atoms with Crippen molar-refractivity contribution in [2.75, 3.05) is 7.11 Å². The summed E-state index contributed by atoms with van der Waals surface area (Å²) in [6, 6.07) is 9.75. The maximum atomic E-state index is 12.8. The molecule has 0 unspecified atom stereocenters. The zero-order valence-corrected chi connectivity index (χ0v) is 14.2. The molecule has 1 aromatic heterocycles. The summed E-state index contributed by atoms with van der Waals surface area (Å²) in [6.45, 7) is 2.01. The summed E-state index contributed by atoms with van der Waals surface area (Å²) < 4.78 is 5.38. The zero-order valence-electron chi connectivity index (χ0n) is 14.2. The first-order valence-electron chi connectivity index (χ1n) is 8.57. The van der Waals surface area contributed by atoms with Crippen LogP contribution in [0.2, 0.25) is 0 Å². The number of aryl methyl sites for hydroxylation is 1. The molecule has 1 fully saturated rings. The van der Waals surface area contributed by atoms with E-state index in [1.807, 2.05) is 31.2 Å². The van der Waals surface area contributed by atoms with E-state index in [2.05, 4.69) is 11.1 Å². The predicted molar refractivity (Wildman–Crippen MR) is 99.7 cm³/mol. The van der Waals surface area contributed by atoms with E-state index in [9.17, 15) is 10.1 Å². The standard InChI is InChI=1S/C20H22N2O2.CH4/c1-3-13-10-16-11-15(6-9-18(16)22-19(13)12-21)20(23)14-4-7-17(24-2)8-5-14;/h6,9-11,14,17H,3-5,7-8H2,1-2H3;1H4. The predicted octanol–water partition coefficient (Wildman–Crippen LogP) is 4.69. The Morgan fingerprint density at radius 1 is 1.28 bits per heavy atom. The van der Waals surface area contributed by atoms with Crippen LogP contribution in [0.4, 0.5) is 0 Å².